The van der Waals surface area contributed by atoms with Crippen molar-refractivity contribution in [1.82, 2.24) is 10.0 Å². The van der Waals surface area contributed by atoms with E-state index >= 15 is 0 Å². The average molecular weight is 310 g/mol. The van der Waals surface area contributed by atoms with E-state index in [1.54, 1.807) is 5.01 Å². The molecule has 1 aromatic rings. The second kappa shape index (κ2) is 7.78. The van der Waals surface area contributed by atoms with E-state index in [9.17, 15) is 9.90 Å². The summed E-state index contributed by atoms with van der Waals surface area (Å²) in [5.74, 6) is 0.126. The van der Waals surface area contributed by atoms with Crippen molar-refractivity contribution in [2.45, 2.75) is 31.8 Å². The maximum absolute atomic E-state index is 11.8. The van der Waals surface area contributed by atoms with Gasteiger partial charge in [0.15, 0.2) is 0 Å². The van der Waals surface area contributed by atoms with E-state index < -0.39 is 6.10 Å². The molecular weight excluding hydrogens is 288 g/mol. The molecule has 1 atom stereocenters. The Morgan fingerprint density at radius 1 is 1.43 bits per heavy atom. The van der Waals surface area contributed by atoms with Crippen molar-refractivity contribution in [3.05, 3.63) is 41.8 Å². The lowest BCUT2D eigenvalue weighted by atomic mass is 10.1. The average Bonchev–Trinajstić information content (AvgIpc) is 2.45. The van der Waals surface area contributed by atoms with Gasteiger partial charge in [0.2, 0.25) is 5.91 Å². The van der Waals surface area contributed by atoms with Crippen molar-refractivity contribution in [1.29, 1.82) is 0 Å². The van der Waals surface area contributed by atoms with Crippen molar-refractivity contribution in [2.75, 3.05) is 19.6 Å². The van der Waals surface area contributed by atoms with Gasteiger partial charge in [0.05, 0.1) is 6.10 Å². The molecule has 1 radical (unpaired) electrons. The van der Waals surface area contributed by atoms with Crippen molar-refractivity contribution < 1.29 is 9.90 Å². The van der Waals surface area contributed by atoms with Gasteiger partial charge >= 0.3 is 0 Å². The summed E-state index contributed by atoms with van der Waals surface area (Å²) in [6, 6.07) is 7.54. The molecule has 0 spiro atoms. The number of rotatable bonds is 6. The first-order valence-electron chi connectivity index (χ1n) is 7.37. The van der Waals surface area contributed by atoms with Crippen molar-refractivity contribution in [3.8, 4) is 0 Å². The molecule has 115 valence electrons. The van der Waals surface area contributed by atoms with Gasteiger partial charge < -0.3 is 5.11 Å². The number of carbonyl (C=O) groups is 1. The van der Waals surface area contributed by atoms with Gasteiger partial charge in [-0.15, -0.1) is 0 Å². The third kappa shape index (κ3) is 4.70. The first-order valence-corrected chi connectivity index (χ1v) is 7.75. The summed E-state index contributed by atoms with van der Waals surface area (Å²) in [7, 11) is 0. The molecule has 1 amide bonds. The second-order valence-electron chi connectivity index (χ2n) is 5.35. The first kappa shape index (κ1) is 16.3. The van der Waals surface area contributed by atoms with E-state index in [4.69, 9.17) is 11.6 Å². The summed E-state index contributed by atoms with van der Waals surface area (Å²) in [5, 5.41) is 14.5. The number of halogens is 1. The Balaban J connectivity index is 1.83. The summed E-state index contributed by atoms with van der Waals surface area (Å²) < 4.78 is 0. The van der Waals surface area contributed by atoms with Gasteiger partial charge in [-0.1, -0.05) is 23.7 Å². The molecule has 1 heterocycles. The standard InChI is InChI=1S/C16H22ClN2O2/c1-2-19-16(21)7-4-9-18(19)10-8-15(20)12-13-5-3-6-14(17)11-13/h3,5-6,11,15,20H,1-2,4,7-10,12H2. The number of nitrogens with zero attached hydrogens (tertiary/aromatic N) is 2. The molecule has 21 heavy (non-hydrogen) atoms. The zero-order chi connectivity index (χ0) is 15.2. The number of hydrogen-bond donors (Lipinski definition) is 1. The van der Waals surface area contributed by atoms with E-state index in [0.29, 0.717) is 37.4 Å². The van der Waals surface area contributed by atoms with Gasteiger partial charge in [0, 0.05) is 31.1 Å². The molecule has 1 unspecified atom stereocenters. The number of aliphatic hydroxyl groups is 1. The topological polar surface area (TPSA) is 43.8 Å². The molecule has 0 aliphatic carbocycles. The van der Waals surface area contributed by atoms with Crippen LogP contribution >= 0.6 is 11.6 Å². The summed E-state index contributed by atoms with van der Waals surface area (Å²) >= 11 is 5.94. The molecule has 1 aromatic carbocycles. The fourth-order valence-electron chi connectivity index (χ4n) is 2.66. The quantitative estimate of drug-likeness (QED) is 0.877. The van der Waals surface area contributed by atoms with Crippen LogP contribution in [0.4, 0.5) is 0 Å². The molecule has 4 nitrogen and oxygen atoms in total. The molecule has 1 fully saturated rings. The van der Waals surface area contributed by atoms with Gasteiger partial charge in [-0.2, -0.15) is 0 Å². The molecule has 0 aromatic heterocycles. The van der Waals surface area contributed by atoms with E-state index in [2.05, 4.69) is 6.92 Å². The fourth-order valence-corrected chi connectivity index (χ4v) is 2.87. The minimum atomic E-state index is -0.438. The Labute approximate surface area is 131 Å². The third-order valence-electron chi connectivity index (χ3n) is 3.73. The molecule has 1 N–H and O–H groups in total. The van der Waals surface area contributed by atoms with Crippen LogP contribution in [-0.4, -0.2) is 46.8 Å². The van der Waals surface area contributed by atoms with Crippen LogP contribution in [0.25, 0.3) is 0 Å². The van der Waals surface area contributed by atoms with Crippen molar-refractivity contribution >= 4 is 17.5 Å². The van der Waals surface area contributed by atoms with Crippen LogP contribution in [0.5, 0.6) is 0 Å². The van der Waals surface area contributed by atoms with Gasteiger partial charge in [-0.3, -0.25) is 9.80 Å². The fraction of sp³-hybridized carbons (Fsp3) is 0.500. The smallest absolute Gasteiger partial charge is 0.236 e. The zero-order valence-electron chi connectivity index (χ0n) is 12.2. The number of carbonyl (C=O) groups excluding carboxylic acids is 1. The summed E-state index contributed by atoms with van der Waals surface area (Å²) in [5.41, 5.74) is 1.03. The van der Waals surface area contributed by atoms with Crippen LogP contribution in [0.3, 0.4) is 0 Å². The van der Waals surface area contributed by atoms with E-state index in [1.165, 1.54) is 0 Å². The van der Waals surface area contributed by atoms with Gasteiger partial charge in [0.25, 0.3) is 0 Å². The third-order valence-corrected chi connectivity index (χ3v) is 3.96. The van der Waals surface area contributed by atoms with Crippen LogP contribution in [-0.2, 0) is 11.2 Å². The summed E-state index contributed by atoms with van der Waals surface area (Å²) in [4.78, 5) is 11.8. The number of amides is 1. The summed E-state index contributed by atoms with van der Waals surface area (Å²) in [6.07, 6.45) is 2.23. The highest BCUT2D eigenvalue weighted by atomic mass is 35.5. The number of hydrogen-bond acceptors (Lipinski definition) is 3. The molecule has 2 rings (SSSR count). The lowest BCUT2D eigenvalue weighted by molar-refractivity contribution is -0.154. The molecule has 1 aliphatic rings. The van der Waals surface area contributed by atoms with Crippen LogP contribution in [0.1, 0.15) is 24.8 Å². The molecule has 0 saturated carbocycles. The van der Waals surface area contributed by atoms with Crippen LogP contribution in [0.2, 0.25) is 5.02 Å². The SMILES string of the molecule is [CH2]CN1C(=O)CCCN1CCC(O)Cc1cccc(Cl)c1. The van der Waals surface area contributed by atoms with E-state index in [-0.39, 0.29) is 5.91 Å². The highest BCUT2D eigenvalue weighted by molar-refractivity contribution is 6.30. The Kier molecular flexibility index (Phi) is 6.03. The van der Waals surface area contributed by atoms with Gasteiger partial charge in [0.1, 0.15) is 0 Å². The highest BCUT2D eigenvalue weighted by Crippen LogP contribution is 2.16. The van der Waals surface area contributed by atoms with Crippen LogP contribution < -0.4 is 0 Å². The molecule has 0 bridgehead atoms. The molecule has 1 aliphatic heterocycles. The van der Waals surface area contributed by atoms with Crippen molar-refractivity contribution in [2.24, 2.45) is 0 Å². The molecule has 5 heteroatoms. The Bertz CT molecular complexity index is 481. The second-order valence-corrected chi connectivity index (χ2v) is 5.79. The maximum atomic E-state index is 11.8. The van der Waals surface area contributed by atoms with Crippen LogP contribution in [0.15, 0.2) is 24.3 Å². The largest absolute Gasteiger partial charge is 0.393 e. The Morgan fingerprint density at radius 3 is 2.95 bits per heavy atom. The normalized spacial score (nSPS) is 18.0. The molecular formula is C16H22ClN2O2. The van der Waals surface area contributed by atoms with Gasteiger partial charge in [-0.25, -0.2) is 5.01 Å². The minimum Gasteiger partial charge on any atom is -0.393 e. The monoisotopic (exact) mass is 309 g/mol. The minimum absolute atomic E-state index is 0.126. The maximum Gasteiger partial charge on any atom is 0.236 e. The first-order chi connectivity index (χ1) is 10.1. The predicted octanol–water partition coefficient (Wildman–Crippen LogP) is 2.31. The lowest BCUT2D eigenvalue weighted by Crippen LogP contribution is -2.51. The summed E-state index contributed by atoms with van der Waals surface area (Å²) in [6.45, 7) is 5.77. The predicted molar refractivity (Wildman–Crippen MR) is 83.7 cm³/mol. The van der Waals surface area contributed by atoms with Crippen LogP contribution in [0, 0.1) is 6.92 Å². The molecule has 1 saturated heterocycles. The lowest BCUT2D eigenvalue weighted by Gasteiger charge is -2.38. The Hall–Kier alpha value is -1.10. The highest BCUT2D eigenvalue weighted by Gasteiger charge is 2.24. The van der Waals surface area contributed by atoms with E-state index in [0.717, 1.165) is 18.5 Å². The van der Waals surface area contributed by atoms with Crippen molar-refractivity contribution in [3.63, 3.8) is 0 Å². The van der Waals surface area contributed by atoms with E-state index in [1.807, 2.05) is 29.3 Å². The number of benzene rings is 1. The number of hydrazine groups is 1. The van der Waals surface area contributed by atoms with Gasteiger partial charge in [-0.05, 0) is 43.9 Å². The zero-order valence-corrected chi connectivity index (χ0v) is 12.9. The number of aliphatic hydroxyl groups excluding tert-OH is 1. The Morgan fingerprint density at radius 2 is 2.24 bits per heavy atom.